The van der Waals surface area contributed by atoms with E-state index in [0.717, 1.165) is 28.3 Å². The molecule has 3 aromatic rings. The Labute approximate surface area is 176 Å². The maximum Gasteiger partial charge on any atom is 0.315 e. The summed E-state index contributed by atoms with van der Waals surface area (Å²) in [5.74, 6) is 1.86. The van der Waals surface area contributed by atoms with Gasteiger partial charge in [-0.2, -0.15) is 5.10 Å². The number of nitrogens with zero attached hydrogens (tertiary/aromatic N) is 3. The molecule has 0 spiro atoms. The van der Waals surface area contributed by atoms with E-state index in [9.17, 15) is 4.79 Å². The molecular weight excluding hydrogens is 382 g/mol. The van der Waals surface area contributed by atoms with Crippen LogP contribution in [0.2, 0.25) is 0 Å². The van der Waals surface area contributed by atoms with Gasteiger partial charge in [0.15, 0.2) is 0 Å². The monoisotopic (exact) mass is 409 g/mol. The van der Waals surface area contributed by atoms with Crippen molar-refractivity contribution < 1.29 is 14.3 Å². The van der Waals surface area contributed by atoms with Crippen molar-refractivity contribution in [3.8, 4) is 17.4 Å². The number of hydrogen-bond acceptors (Lipinski definition) is 5. The lowest BCUT2D eigenvalue weighted by Crippen LogP contribution is -2.37. The molecule has 158 valence electrons. The SMILES string of the molecule is COc1ccc(Oc2cc(CNC(=O)N[C@H](C)c3c(C)nn(C)c3C)ccn2)cc1. The highest BCUT2D eigenvalue weighted by Gasteiger charge is 2.18. The number of rotatable bonds is 7. The Balaban J connectivity index is 1.56. The van der Waals surface area contributed by atoms with Crippen molar-refractivity contribution in [1.29, 1.82) is 0 Å². The fourth-order valence-electron chi connectivity index (χ4n) is 3.30. The molecule has 2 amide bonds. The Morgan fingerprint density at radius 1 is 1.17 bits per heavy atom. The lowest BCUT2D eigenvalue weighted by Gasteiger charge is -2.16. The van der Waals surface area contributed by atoms with Gasteiger partial charge in [-0.15, -0.1) is 0 Å². The summed E-state index contributed by atoms with van der Waals surface area (Å²) in [6, 6.07) is 10.5. The Kier molecular flexibility index (Phi) is 6.56. The normalized spacial score (nSPS) is 11.6. The van der Waals surface area contributed by atoms with E-state index >= 15 is 0 Å². The van der Waals surface area contributed by atoms with Crippen molar-refractivity contribution in [1.82, 2.24) is 25.4 Å². The van der Waals surface area contributed by atoms with Gasteiger partial charge in [0.2, 0.25) is 5.88 Å². The lowest BCUT2D eigenvalue weighted by molar-refractivity contribution is 0.237. The van der Waals surface area contributed by atoms with Crippen molar-refractivity contribution in [3.63, 3.8) is 0 Å². The number of aryl methyl sites for hydroxylation is 2. The molecule has 30 heavy (non-hydrogen) atoms. The molecule has 2 heterocycles. The topological polar surface area (TPSA) is 90.3 Å². The van der Waals surface area contributed by atoms with Crippen LogP contribution in [0.3, 0.4) is 0 Å². The standard InChI is InChI=1S/C22H27N5O3/c1-14(21-15(2)26-27(4)16(21)3)25-22(28)24-13-17-10-11-23-20(12-17)30-19-8-6-18(29-5)7-9-19/h6-12,14H,13H2,1-5H3,(H2,24,25,28)/t14-/m1/s1. The molecule has 1 atom stereocenters. The molecule has 3 rings (SSSR count). The molecule has 1 aromatic carbocycles. The predicted octanol–water partition coefficient (Wildman–Crippen LogP) is 3.79. The smallest absolute Gasteiger partial charge is 0.315 e. The van der Waals surface area contributed by atoms with Gasteiger partial charge in [0, 0.05) is 37.1 Å². The Morgan fingerprint density at radius 3 is 2.50 bits per heavy atom. The van der Waals surface area contributed by atoms with E-state index in [1.807, 2.05) is 62.8 Å². The minimum Gasteiger partial charge on any atom is -0.497 e. The molecular formula is C22H27N5O3. The van der Waals surface area contributed by atoms with Crippen molar-refractivity contribution in [3.05, 3.63) is 65.1 Å². The number of methoxy groups -OCH3 is 1. The van der Waals surface area contributed by atoms with Gasteiger partial charge >= 0.3 is 6.03 Å². The number of benzene rings is 1. The number of ether oxygens (including phenoxy) is 2. The van der Waals surface area contributed by atoms with Gasteiger partial charge < -0.3 is 20.1 Å². The van der Waals surface area contributed by atoms with E-state index in [1.165, 1.54) is 0 Å². The number of amides is 2. The quantitative estimate of drug-likeness (QED) is 0.620. The molecule has 0 aliphatic rings. The molecule has 0 unspecified atom stereocenters. The molecule has 8 nitrogen and oxygen atoms in total. The number of urea groups is 1. The molecule has 2 aromatic heterocycles. The number of hydrogen-bond donors (Lipinski definition) is 2. The zero-order valence-electron chi connectivity index (χ0n) is 17.9. The first kappa shape index (κ1) is 21.2. The van der Waals surface area contributed by atoms with Crippen LogP contribution in [0.1, 0.15) is 35.5 Å². The lowest BCUT2D eigenvalue weighted by atomic mass is 10.1. The van der Waals surface area contributed by atoms with Crippen LogP contribution in [-0.2, 0) is 13.6 Å². The molecule has 0 radical (unpaired) electrons. The highest BCUT2D eigenvalue weighted by Crippen LogP contribution is 2.23. The van der Waals surface area contributed by atoms with Gasteiger partial charge in [-0.1, -0.05) is 0 Å². The molecule has 0 fully saturated rings. The van der Waals surface area contributed by atoms with E-state index < -0.39 is 0 Å². The number of carbonyl (C=O) groups excluding carboxylic acids is 1. The van der Waals surface area contributed by atoms with Gasteiger partial charge in [0.05, 0.1) is 18.8 Å². The molecule has 2 N–H and O–H groups in total. The summed E-state index contributed by atoms with van der Waals surface area (Å²) >= 11 is 0. The zero-order valence-corrected chi connectivity index (χ0v) is 17.9. The molecule has 0 bridgehead atoms. The second-order valence-corrected chi connectivity index (χ2v) is 7.04. The van der Waals surface area contributed by atoms with Gasteiger partial charge in [0.1, 0.15) is 11.5 Å². The largest absolute Gasteiger partial charge is 0.497 e. The summed E-state index contributed by atoms with van der Waals surface area (Å²) in [4.78, 5) is 16.6. The van der Waals surface area contributed by atoms with Gasteiger partial charge in [-0.3, -0.25) is 4.68 Å². The first-order valence-corrected chi connectivity index (χ1v) is 9.68. The molecule has 8 heteroatoms. The molecule has 0 aliphatic heterocycles. The average molecular weight is 409 g/mol. The Morgan fingerprint density at radius 2 is 1.87 bits per heavy atom. The minimum atomic E-state index is -0.250. The van der Waals surface area contributed by atoms with Crippen LogP contribution >= 0.6 is 0 Å². The first-order valence-electron chi connectivity index (χ1n) is 9.68. The summed E-state index contributed by atoms with van der Waals surface area (Å²) in [5, 5.41) is 10.2. The number of nitrogens with one attached hydrogen (secondary N) is 2. The van der Waals surface area contributed by atoms with E-state index in [-0.39, 0.29) is 12.1 Å². The van der Waals surface area contributed by atoms with Crippen LogP contribution in [0, 0.1) is 13.8 Å². The highest BCUT2D eigenvalue weighted by molar-refractivity contribution is 5.74. The second-order valence-electron chi connectivity index (χ2n) is 7.04. The maximum atomic E-state index is 12.4. The Bertz CT molecular complexity index is 1010. The van der Waals surface area contributed by atoms with Crippen LogP contribution in [-0.4, -0.2) is 27.9 Å². The number of aromatic nitrogens is 3. The Hall–Kier alpha value is -3.55. The molecule has 0 saturated carbocycles. The van der Waals surface area contributed by atoms with E-state index in [2.05, 4.69) is 20.7 Å². The molecule has 0 saturated heterocycles. The fourth-order valence-corrected chi connectivity index (χ4v) is 3.30. The maximum absolute atomic E-state index is 12.4. The van der Waals surface area contributed by atoms with Gasteiger partial charge in [-0.05, 0) is 56.7 Å². The summed E-state index contributed by atoms with van der Waals surface area (Å²) in [7, 11) is 3.51. The van der Waals surface area contributed by atoms with Crippen molar-refractivity contribution >= 4 is 6.03 Å². The van der Waals surface area contributed by atoms with Crippen LogP contribution in [0.5, 0.6) is 17.4 Å². The average Bonchev–Trinajstić information content (AvgIpc) is 2.99. The van der Waals surface area contributed by atoms with E-state index in [0.29, 0.717) is 18.2 Å². The van der Waals surface area contributed by atoms with Crippen molar-refractivity contribution in [2.24, 2.45) is 7.05 Å². The summed E-state index contributed by atoms with van der Waals surface area (Å²) < 4.78 is 12.7. The third kappa shape index (κ3) is 5.08. The highest BCUT2D eigenvalue weighted by atomic mass is 16.5. The van der Waals surface area contributed by atoms with Gasteiger partial charge in [0.25, 0.3) is 0 Å². The second kappa shape index (κ2) is 9.30. The molecule has 0 aliphatic carbocycles. The third-order valence-corrected chi connectivity index (χ3v) is 4.88. The van der Waals surface area contributed by atoms with Gasteiger partial charge in [-0.25, -0.2) is 9.78 Å². The number of pyridine rings is 1. The van der Waals surface area contributed by atoms with Crippen LogP contribution in [0.4, 0.5) is 4.79 Å². The van der Waals surface area contributed by atoms with Crippen LogP contribution < -0.4 is 20.1 Å². The predicted molar refractivity (Wildman–Crippen MR) is 114 cm³/mol. The summed E-state index contributed by atoms with van der Waals surface area (Å²) in [5.41, 5.74) is 3.86. The van der Waals surface area contributed by atoms with Crippen LogP contribution in [0.15, 0.2) is 42.6 Å². The summed E-state index contributed by atoms with van der Waals surface area (Å²) in [6.07, 6.45) is 1.65. The van der Waals surface area contributed by atoms with Crippen molar-refractivity contribution in [2.75, 3.05) is 7.11 Å². The van der Waals surface area contributed by atoms with E-state index in [4.69, 9.17) is 9.47 Å². The number of carbonyl (C=O) groups is 1. The first-order chi connectivity index (χ1) is 14.4. The fraction of sp³-hybridized carbons (Fsp3) is 0.318. The third-order valence-electron chi connectivity index (χ3n) is 4.88. The zero-order chi connectivity index (χ0) is 21.7. The van der Waals surface area contributed by atoms with Crippen molar-refractivity contribution in [2.45, 2.75) is 33.4 Å². The van der Waals surface area contributed by atoms with E-state index in [1.54, 1.807) is 19.4 Å². The van der Waals surface area contributed by atoms with Crippen LogP contribution in [0.25, 0.3) is 0 Å². The minimum absolute atomic E-state index is 0.148. The summed E-state index contributed by atoms with van der Waals surface area (Å²) in [6.45, 7) is 6.24.